The first-order valence-electron chi connectivity index (χ1n) is 10.5. The van der Waals surface area contributed by atoms with Gasteiger partial charge in [-0.05, 0) is 34.5 Å². The van der Waals surface area contributed by atoms with Gasteiger partial charge in [0.2, 0.25) is 11.8 Å². The number of carbonyl (C=O) groups is 5. The summed E-state index contributed by atoms with van der Waals surface area (Å²) in [5.74, 6) is -2.37. The molecular weight excluding hydrogens is 414 g/mol. The Balaban J connectivity index is 2.34. The van der Waals surface area contributed by atoms with E-state index in [1.165, 1.54) is 0 Å². The van der Waals surface area contributed by atoms with Crippen molar-refractivity contribution in [2.24, 2.45) is 5.41 Å². The van der Waals surface area contributed by atoms with Crippen LogP contribution in [0.4, 0.5) is 0 Å². The van der Waals surface area contributed by atoms with Crippen LogP contribution in [-0.4, -0.2) is 85.9 Å². The Morgan fingerprint density at radius 1 is 1.10 bits per heavy atom. The number of amides is 4. The summed E-state index contributed by atoms with van der Waals surface area (Å²) in [5.41, 5.74) is -0.668. The molecule has 31 heavy (non-hydrogen) atoms. The lowest BCUT2D eigenvalue weighted by molar-refractivity contribution is -0.197. The molecule has 1 saturated heterocycles. The van der Waals surface area contributed by atoms with E-state index in [0.29, 0.717) is 11.6 Å². The second-order valence-electron chi connectivity index (χ2n) is 8.02. The highest BCUT2D eigenvalue weighted by Crippen LogP contribution is 2.24. The molecule has 0 aliphatic carbocycles. The molecule has 11 heteroatoms. The van der Waals surface area contributed by atoms with Gasteiger partial charge in [0.15, 0.2) is 0 Å². The van der Waals surface area contributed by atoms with Gasteiger partial charge in [-0.2, -0.15) is 0 Å². The Bertz CT molecular complexity index is 665. The Hall–Kier alpha value is -2.53. The summed E-state index contributed by atoms with van der Waals surface area (Å²) in [6.07, 6.45) is -0.0802. The van der Waals surface area contributed by atoms with Crippen LogP contribution in [0.1, 0.15) is 46.5 Å². The molecule has 0 spiro atoms. The van der Waals surface area contributed by atoms with E-state index in [1.54, 1.807) is 0 Å². The Morgan fingerprint density at radius 3 is 2.23 bits per heavy atom. The second kappa shape index (κ2) is 12.4. The van der Waals surface area contributed by atoms with Crippen LogP contribution in [0.5, 0.6) is 0 Å². The van der Waals surface area contributed by atoms with Gasteiger partial charge in [-0.25, -0.2) is 4.79 Å². The predicted molar refractivity (Wildman–Crippen MR) is 112 cm³/mol. The summed E-state index contributed by atoms with van der Waals surface area (Å²) >= 11 is 0. The Morgan fingerprint density at radius 2 is 1.68 bits per heavy atom. The van der Waals surface area contributed by atoms with Gasteiger partial charge >= 0.3 is 5.97 Å². The number of carbonyl (C=O) groups excluding carboxylic acids is 5. The molecule has 1 aliphatic rings. The van der Waals surface area contributed by atoms with E-state index >= 15 is 0 Å². The molecule has 1 aliphatic heterocycles. The minimum absolute atomic E-state index is 0.00113. The molecule has 0 aromatic rings. The monoisotopic (exact) mass is 449 g/mol. The zero-order valence-corrected chi connectivity index (χ0v) is 19.1. The summed E-state index contributed by atoms with van der Waals surface area (Å²) in [4.78, 5) is 65.9. The highest BCUT2D eigenvalue weighted by atomic mass is 16.7. The van der Waals surface area contributed by atoms with Crippen LogP contribution in [0.3, 0.4) is 0 Å². The van der Waals surface area contributed by atoms with E-state index in [-0.39, 0.29) is 56.6 Å². The van der Waals surface area contributed by atoms with Crippen LogP contribution in [-0.2, 0) is 28.8 Å². The van der Waals surface area contributed by atoms with E-state index in [2.05, 4.69) is 20.9 Å². The lowest BCUT2D eigenvalue weighted by atomic mass is 9.99. The zero-order valence-electron chi connectivity index (χ0n) is 19.1. The normalized spacial score (nSPS) is 15.2. The first-order valence-corrected chi connectivity index (χ1v) is 10.5. The van der Waals surface area contributed by atoms with Gasteiger partial charge in [0.1, 0.15) is 0 Å². The lowest BCUT2D eigenvalue weighted by Gasteiger charge is -2.38. The van der Waals surface area contributed by atoms with Crippen molar-refractivity contribution in [1.29, 1.82) is 0 Å². The topological polar surface area (TPSA) is 137 Å². The van der Waals surface area contributed by atoms with E-state index in [1.807, 2.05) is 34.9 Å². The van der Waals surface area contributed by atoms with Crippen molar-refractivity contribution >= 4 is 29.6 Å². The van der Waals surface area contributed by atoms with Gasteiger partial charge in [-0.15, -0.1) is 5.06 Å². The molecule has 1 rings (SSSR count). The molecule has 1 unspecified atom stereocenters. The van der Waals surface area contributed by atoms with Crippen molar-refractivity contribution in [2.75, 3.05) is 40.3 Å². The fourth-order valence-corrected chi connectivity index (χ4v) is 3.24. The number of nitrogens with zero attached hydrogens (tertiary/aromatic N) is 2. The second-order valence-corrected chi connectivity index (χ2v) is 8.02. The summed E-state index contributed by atoms with van der Waals surface area (Å²) in [7, 11) is 3.80. The van der Waals surface area contributed by atoms with Crippen LogP contribution in [0.15, 0.2) is 0 Å². The van der Waals surface area contributed by atoms with E-state index < -0.39 is 23.2 Å². The molecule has 0 aromatic heterocycles. The third-order valence-corrected chi connectivity index (χ3v) is 5.33. The van der Waals surface area contributed by atoms with Gasteiger partial charge in [0.05, 0.1) is 11.8 Å². The van der Waals surface area contributed by atoms with Crippen LogP contribution < -0.4 is 16.0 Å². The third kappa shape index (κ3) is 7.91. The van der Waals surface area contributed by atoms with Crippen LogP contribution >= 0.6 is 0 Å². The largest absolute Gasteiger partial charge is 0.355 e. The summed E-state index contributed by atoms with van der Waals surface area (Å²) in [5, 5.41) is 8.93. The average Bonchev–Trinajstić information content (AvgIpc) is 3.03. The van der Waals surface area contributed by atoms with Crippen LogP contribution in [0.25, 0.3) is 0 Å². The van der Waals surface area contributed by atoms with Crippen LogP contribution in [0.2, 0.25) is 0 Å². The minimum Gasteiger partial charge on any atom is -0.355 e. The van der Waals surface area contributed by atoms with Crippen molar-refractivity contribution in [3.8, 4) is 0 Å². The van der Waals surface area contributed by atoms with Crippen molar-refractivity contribution in [1.82, 2.24) is 25.9 Å². The molecule has 0 radical (unpaired) electrons. The molecule has 1 fully saturated rings. The molecule has 1 atom stereocenters. The number of hydrogen-bond acceptors (Lipinski definition) is 8. The first-order chi connectivity index (χ1) is 14.5. The number of imide groups is 1. The Kier molecular flexibility index (Phi) is 10.6. The number of hydroxylamine groups is 2. The van der Waals surface area contributed by atoms with Crippen LogP contribution in [0, 0.1) is 5.41 Å². The van der Waals surface area contributed by atoms with Gasteiger partial charge in [-0.3, -0.25) is 19.2 Å². The van der Waals surface area contributed by atoms with E-state index in [4.69, 9.17) is 4.84 Å². The SMILES string of the molecule is CC(C)(C(=O)NCCC(=O)NCCC(=O)ON1C(=O)CCC1=O)[13CH]([13CH2][15NH][13CH3])[15N]([13CH3])[13CH2][13CH3]. The smallest absolute Gasteiger partial charge is 0.334 e. The maximum atomic E-state index is 12.7. The lowest BCUT2D eigenvalue weighted by Crippen LogP contribution is -2.55. The molecule has 1 heterocycles. The summed E-state index contributed by atoms with van der Waals surface area (Å²) < 4.78 is 0. The van der Waals surface area contributed by atoms with Gasteiger partial charge in [-0.1, -0.05) is 6.92 Å². The fraction of sp³-hybridized carbons (Fsp3) is 0.750. The summed E-state index contributed by atoms with van der Waals surface area (Å²) in [6, 6.07) is -0.0169. The number of nitrogens with one attached hydrogen (secondary N) is 3. The average molecular weight is 449 g/mol. The molecule has 0 bridgehead atoms. The summed E-state index contributed by atoms with van der Waals surface area (Å²) in [6.45, 7) is 7.38. The zero-order chi connectivity index (χ0) is 23.6. The number of rotatable bonds is 13. The molecule has 0 aromatic carbocycles. The van der Waals surface area contributed by atoms with Gasteiger partial charge in [0, 0.05) is 44.9 Å². The van der Waals surface area contributed by atoms with Gasteiger partial charge in [0.25, 0.3) is 11.8 Å². The molecule has 4 amide bonds. The Labute approximate surface area is 183 Å². The molecule has 176 valence electrons. The van der Waals surface area contributed by atoms with E-state index in [0.717, 1.165) is 6.54 Å². The van der Waals surface area contributed by atoms with Crippen molar-refractivity contribution in [2.45, 2.75) is 52.5 Å². The van der Waals surface area contributed by atoms with Gasteiger partial charge < -0.3 is 25.7 Å². The van der Waals surface area contributed by atoms with Crippen molar-refractivity contribution in [3.63, 3.8) is 0 Å². The number of likely N-dealkylation sites (N-methyl/N-ethyl adjacent to an activating group) is 2. The standard InChI is InChI=1S/C20H35N5O6/c1-6-24(5)14(13-21-4)20(2,3)19(30)23-11-9-15(26)22-12-10-18(29)31-25-16(27)7-8-17(25)28/h14,21H,6-13H2,1-5H3,(H,22,26)(H,23,30)/i1+1,4+1,5+1,6+1,13+1,14+1,21+1,24+1. The van der Waals surface area contributed by atoms with E-state index in [9.17, 15) is 24.0 Å². The first kappa shape index (κ1) is 26.5. The minimum atomic E-state index is -0.783. The maximum Gasteiger partial charge on any atom is 0.334 e. The highest BCUT2D eigenvalue weighted by molar-refractivity contribution is 6.01. The number of hydrogen-bond donors (Lipinski definition) is 3. The maximum absolute atomic E-state index is 12.7. The van der Waals surface area contributed by atoms with Crippen molar-refractivity contribution in [3.05, 3.63) is 0 Å². The quantitative estimate of drug-likeness (QED) is 0.188. The fourth-order valence-electron chi connectivity index (χ4n) is 3.24. The van der Waals surface area contributed by atoms with Crippen molar-refractivity contribution < 1.29 is 28.8 Å². The predicted octanol–water partition coefficient (Wildman–Crippen LogP) is -0.828. The molecule has 3 N–H and O–H groups in total. The highest BCUT2D eigenvalue weighted by Gasteiger charge is 2.38. The molecule has 0 saturated carbocycles. The molecular formula is C20H35N5O6. The molecule has 11 nitrogen and oxygen atoms in total. The third-order valence-electron chi connectivity index (χ3n) is 5.33.